The van der Waals surface area contributed by atoms with E-state index in [1.54, 1.807) is 0 Å². The number of aromatic nitrogens is 3. The molecule has 0 aliphatic rings. The van der Waals surface area contributed by atoms with Crippen LogP contribution in [-0.4, -0.2) is 15.0 Å². The summed E-state index contributed by atoms with van der Waals surface area (Å²) in [6.07, 6.45) is 1.82. The molecule has 2 aromatic heterocycles. The number of nitrogens with zero attached hydrogens (tertiary/aromatic N) is 2. The maximum absolute atomic E-state index is 5.92. The van der Waals surface area contributed by atoms with E-state index in [9.17, 15) is 0 Å². The van der Waals surface area contributed by atoms with Crippen molar-refractivity contribution in [2.75, 3.05) is 5.73 Å². The molecule has 0 radical (unpaired) electrons. The van der Waals surface area contributed by atoms with Gasteiger partial charge >= 0.3 is 0 Å². The van der Waals surface area contributed by atoms with Gasteiger partial charge in [-0.2, -0.15) is 0 Å². The molecule has 0 aliphatic carbocycles. The minimum Gasteiger partial charge on any atom is -0.398 e. The van der Waals surface area contributed by atoms with E-state index in [1.807, 2.05) is 44.3 Å². The summed E-state index contributed by atoms with van der Waals surface area (Å²) in [5.41, 5.74) is 11.5. The molecule has 0 atom stereocenters. The molecule has 0 spiro atoms. The summed E-state index contributed by atoms with van der Waals surface area (Å²) in [5, 5.41) is 0. The molecule has 0 saturated heterocycles. The Balaban J connectivity index is 2.22. The van der Waals surface area contributed by atoms with Gasteiger partial charge < -0.3 is 10.7 Å². The molecular formula is C14H14N4. The van der Waals surface area contributed by atoms with Crippen LogP contribution in [0.4, 0.5) is 5.69 Å². The van der Waals surface area contributed by atoms with E-state index in [-0.39, 0.29) is 0 Å². The first-order chi connectivity index (χ1) is 8.65. The second-order valence-corrected chi connectivity index (χ2v) is 4.49. The monoisotopic (exact) mass is 238 g/mol. The van der Waals surface area contributed by atoms with Crippen LogP contribution in [0.1, 0.15) is 11.1 Å². The number of rotatable bonds is 1. The number of aryl methyl sites for hydroxylation is 1. The Kier molecular flexibility index (Phi) is 2.30. The molecule has 0 saturated carbocycles. The van der Waals surface area contributed by atoms with Crippen LogP contribution >= 0.6 is 0 Å². The summed E-state index contributed by atoms with van der Waals surface area (Å²) >= 11 is 0. The van der Waals surface area contributed by atoms with Gasteiger partial charge in [0.25, 0.3) is 0 Å². The number of nitrogens with two attached hydrogens (primary N) is 1. The summed E-state index contributed by atoms with van der Waals surface area (Å²) in [4.78, 5) is 12.1. The van der Waals surface area contributed by atoms with Crippen LogP contribution in [0.2, 0.25) is 0 Å². The number of nitrogens with one attached hydrogen (secondary N) is 1. The van der Waals surface area contributed by atoms with Crippen LogP contribution < -0.4 is 5.73 Å². The molecule has 1 aromatic carbocycles. The Morgan fingerprint density at radius 1 is 1.22 bits per heavy atom. The molecule has 4 heteroatoms. The third-order valence-corrected chi connectivity index (χ3v) is 3.10. The van der Waals surface area contributed by atoms with Crippen molar-refractivity contribution in [2.45, 2.75) is 13.8 Å². The molecule has 3 aromatic rings. The van der Waals surface area contributed by atoms with E-state index in [2.05, 4.69) is 15.0 Å². The lowest BCUT2D eigenvalue weighted by atomic mass is 10.1. The van der Waals surface area contributed by atoms with Gasteiger partial charge in [-0.15, -0.1) is 0 Å². The van der Waals surface area contributed by atoms with Gasteiger partial charge in [0.1, 0.15) is 5.82 Å². The Bertz CT molecular complexity index is 728. The molecule has 0 unspecified atom stereocenters. The van der Waals surface area contributed by atoms with E-state index in [1.165, 1.54) is 0 Å². The average Bonchev–Trinajstić information content (AvgIpc) is 2.75. The fourth-order valence-corrected chi connectivity index (χ4v) is 2.04. The Labute approximate surface area is 105 Å². The number of H-pyrrole nitrogens is 1. The van der Waals surface area contributed by atoms with Crippen LogP contribution in [-0.2, 0) is 0 Å². The number of pyridine rings is 1. The van der Waals surface area contributed by atoms with E-state index in [4.69, 9.17) is 5.73 Å². The molecule has 0 amide bonds. The first-order valence-electron chi connectivity index (χ1n) is 5.83. The lowest BCUT2D eigenvalue weighted by molar-refractivity contribution is 1.27. The van der Waals surface area contributed by atoms with Gasteiger partial charge in [-0.1, -0.05) is 12.1 Å². The second-order valence-electron chi connectivity index (χ2n) is 4.49. The van der Waals surface area contributed by atoms with E-state index < -0.39 is 0 Å². The third-order valence-electron chi connectivity index (χ3n) is 3.10. The number of benzene rings is 1. The molecule has 0 bridgehead atoms. The van der Waals surface area contributed by atoms with Crippen molar-refractivity contribution in [2.24, 2.45) is 0 Å². The molecular weight excluding hydrogens is 224 g/mol. The zero-order valence-electron chi connectivity index (χ0n) is 10.4. The van der Waals surface area contributed by atoms with Crippen LogP contribution in [0.25, 0.3) is 22.6 Å². The summed E-state index contributed by atoms with van der Waals surface area (Å²) in [7, 11) is 0. The second kappa shape index (κ2) is 3.84. The van der Waals surface area contributed by atoms with Crippen molar-refractivity contribution < 1.29 is 0 Å². The van der Waals surface area contributed by atoms with Gasteiger partial charge in [-0.05, 0) is 37.1 Å². The Hall–Kier alpha value is -2.36. The molecule has 2 heterocycles. The molecule has 0 fully saturated rings. The zero-order valence-corrected chi connectivity index (χ0v) is 10.4. The van der Waals surface area contributed by atoms with Crippen LogP contribution in [0.3, 0.4) is 0 Å². The normalized spacial score (nSPS) is 11.0. The number of nitrogen functional groups attached to an aromatic ring is 1. The predicted molar refractivity (Wildman–Crippen MR) is 73.2 cm³/mol. The highest BCUT2D eigenvalue weighted by atomic mass is 15.0. The standard InChI is InChI=1S/C14H14N4/c1-8-6-12-14(16-7-8)18-13(17-12)10-4-3-5-11(15)9(10)2/h3-7H,15H2,1-2H3,(H,16,17,18). The lowest BCUT2D eigenvalue weighted by Gasteiger charge is -2.04. The molecule has 18 heavy (non-hydrogen) atoms. The number of hydrogen-bond donors (Lipinski definition) is 2. The minimum absolute atomic E-state index is 0.734. The van der Waals surface area contributed by atoms with Gasteiger partial charge in [0.15, 0.2) is 5.65 Å². The SMILES string of the molecule is Cc1cnc2nc(-c3cccc(N)c3C)[nH]c2c1. The largest absolute Gasteiger partial charge is 0.398 e. The quantitative estimate of drug-likeness (QED) is 0.640. The van der Waals surface area contributed by atoms with Gasteiger partial charge in [-0.25, -0.2) is 9.97 Å². The van der Waals surface area contributed by atoms with Crippen molar-refractivity contribution in [1.29, 1.82) is 0 Å². The fourth-order valence-electron chi connectivity index (χ4n) is 2.04. The van der Waals surface area contributed by atoms with Gasteiger partial charge in [-0.3, -0.25) is 0 Å². The van der Waals surface area contributed by atoms with Crippen LogP contribution in [0.5, 0.6) is 0 Å². The smallest absolute Gasteiger partial charge is 0.178 e. The lowest BCUT2D eigenvalue weighted by Crippen LogP contribution is -1.92. The number of hydrogen-bond acceptors (Lipinski definition) is 3. The predicted octanol–water partition coefficient (Wildman–Crippen LogP) is 2.82. The van der Waals surface area contributed by atoms with Crippen LogP contribution in [0, 0.1) is 13.8 Å². The maximum atomic E-state index is 5.92. The van der Waals surface area contributed by atoms with E-state index >= 15 is 0 Å². The van der Waals surface area contributed by atoms with Crippen molar-refractivity contribution in [3.05, 3.63) is 41.6 Å². The van der Waals surface area contributed by atoms with Crippen LogP contribution in [0.15, 0.2) is 30.5 Å². The van der Waals surface area contributed by atoms with E-state index in [0.717, 1.165) is 39.4 Å². The van der Waals surface area contributed by atoms with Gasteiger partial charge in [0.05, 0.1) is 5.52 Å². The van der Waals surface area contributed by atoms with Crippen molar-refractivity contribution >= 4 is 16.9 Å². The Morgan fingerprint density at radius 2 is 2.06 bits per heavy atom. The molecule has 4 nitrogen and oxygen atoms in total. The number of anilines is 1. The maximum Gasteiger partial charge on any atom is 0.178 e. The molecule has 3 rings (SSSR count). The Morgan fingerprint density at radius 3 is 2.89 bits per heavy atom. The highest BCUT2D eigenvalue weighted by Gasteiger charge is 2.09. The summed E-state index contributed by atoms with van der Waals surface area (Å²) in [6, 6.07) is 7.88. The molecule has 3 N–H and O–H groups in total. The number of imidazole rings is 1. The topological polar surface area (TPSA) is 67.6 Å². The molecule has 90 valence electrons. The first-order valence-corrected chi connectivity index (χ1v) is 5.83. The minimum atomic E-state index is 0.734. The first kappa shape index (κ1) is 10.8. The number of fused-ring (bicyclic) bond motifs is 1. The number of aromatic amines is 1. The summed E-state index contributed by atoms with van der Waals surface area (Å²) in [6.45, 7) is 4.01. The fraction of sp³-hybridized carbons (Fsp3) is 0.143. The molecule has 0 aliphatic heterocycles. The average molecular weight is 238 g/mol. The summed E-state index contributed by atoms with van der Waals surface area (Å²) < 4.78 is 0. The van der Waals surface area contributed by atoms with Crippen molar-refractivity contribution in [3.8, 4) is 11.4 Å². The van der Waals surface area contributed by atoms with Gasteiger partial charge in [0, 0.05) is 17.4 Å². The third kappa shape index (κ3) is 1.62. The highest BCUT2D eigenvalue weighted by Crippen LogP contribution is 2.26. The van der Waals surface area contributed by atoms with Crippen molar-refractivity contribution in [1.82, 2.24) is 15.0 Å². The zero-order chi connectivity index (χ0) is 12.7. The van der Waals surface area contributed by atoms with Gasteiger partial charge in [0.2, 0.25) is 0 Å². The highest BCUT2D eigenvalue weighted by molar-refractivity contribution is 5.78. The van der Waals surface area contributed by atoms with Crippen molar-refractivity contribution in [3.63, 3.8) is 0 Å². The van der Waals surface area contributed by atoms with E-state index in [0.29, 0.717) is 0 Å². The summed E-state index contributed by atoms with van der Waals surface area (Å²) in [5.74, 6) is 0.813.